The highest BCUT2D eigenvalue weighted by Crippen LogP contribution is 2.25. The number of carboxylic acids is 1. The largest absolute Gasteiger partial charge is 0.508 e. The fraction of sp³-hybridized carbons (Fsp3) is 0.273. The molecule has 0 aliphatic carbocycles. The van der Waals surface area contributed by atoms with E-state index in [1.165, 1.54) is 24.4 Å². The van der Waals surface area contributed by atoms with E-state index in [0.29, 0.717) is 5.56 Å². The van der Waals surface area contributed by atoms with Crippen LogP contribution in [-0.4, -0.2) is 39.3 Å². The molecule has 0 saturated heterocycles. The van der Waals surface area contributed by atoms with E-state index in [2.05, 4.69) is 17.6 Å². The molecule has 92 valence electrons. The van der Waals surface area contributed by atoms with Gasteiger partial charge in [-0.1, -0.05) is 6.07 Å². The van der Waals surface area contributed by atoms with Gasteiger partial charge in [0.1, 0.15) is 11.5 Å². The molecule has 0 heterocycles. The van der Waals surface area contributed by atoms with Crippen molar-refractivity contribution >= 4 is 24.8 Å². The number of aliphatic carboxylic acids is 1. The van der Waals surface area contributed by atoms with Gasteiger partial charge < -0.3 is 15.3 Å². The summed E-state index contributed by atoms with van der Waals surface area (Å²) in [5.74, 6) is -1.06. The molecule has 1 atom stereocenters. The molecule has 0 spiro atoms. The van der Waals surface area contributed by atoms with Crippen LogP contribution in [0.1, 0.15) is 5.56 Å². The lowest BCUT2D eigenvalue weighted by Gasteiger charge is -2.05. The lowest BCUT2D eigenvalue weighted by atomic mass is 10.1. The molecule has 3 N–H and O–H groups in total. The monoisotopic (exact) mass is 255 g/mol. The molecule has 17 heavy (non-hydrogen) atoms. The SMILES string of the molecule is O=C(O)[C@H](CS)N=CCc1c(O)cccc1O. The van der Waals surface area contributed by atoms with E-state index < -0.39 is 12.0 Å². The second-order valence-corrected chi connectivity index (χ2v) is 3.71. The Labute approximate surface area is 104 Å². The molecule has 6 heteroatoms. The van der Waals surface area contributed by atoms with E-state index >= 15 is 0 Å². The highest BCUT2D eigenvalue weighted by molar-refractivity contribution is 7.80. The van der Waals surface area contributed by atoms with Gasteiger partial charge in [0.05, 0.1) is 0 Å². The van der Waals surface area contributed by atoms with E-state index in [0.717, 1.165) is 0 Å². The molecule has 0 radical (unpaired) electrons. The van der Waals surface area contributed by atoms with Crippen molar-refractivity contribution in [3.8, 4) is 11.5 Å². The van der Waals surface area contributed by atoms with Crippen LogP contribution in [0.5, 0.6) is 11.5 Å². The maximum Gasteiger partial charge on any atom is 0.329 e. The molecule has 1 aromatic rings. The number of hydrogen-bond acceptors (Lipinski definition) is 5. The topological polar surface area (TPSA) is 90.1 Å². The summed E-state index contributed by atoms with van der Waals surface area (Å²) in [6, 6.07) is 3.48. The number of phenols is 2. The standard InChI is InChI=1S/C11H13NO4S/c13-9-2-1-3-10(14)7(9)4-5-12-8(6-17)11(15)16/h1-3,5,8,13-14,17H,4,6H2,(H,15,16)/t8-/m0/s1. The minimum Gasteiger partial charge on any atom is -0.508 e. The van der Waals surface area contributed by atoms with Crippen molar-refractivity contribution in [1.82, 2.24) is 0 Å². The van der Waals surface area contributed by atoms with Crippen LogP contribution in [0.2, 0.25) is 0 Å². The summed E-state index contributed by atoms with van der Waals surface area (Å²) in [5.41, 5.74) is 0.319. The summed E-state index contributed by atoms with van der Waals surface area (Å²) >= 11 is 3.86. The Hall–Kier alpha value is -1.69. The third kappa shape index (κ3) is 3.67. The zero-order valence-electron chi connectivity index (χ0n) is 8.95. The first kappa shape index (κ1) is 13.4. The van der Waals surface area contributed by atoms with Crippen molar-refractivity contribution < 1.29 is 20.1 Å². The Bertz CT molecular complexity index is 413. The van der Waals surface area contributed by atoms with Crippen molar-refractivity contribution in [1.29, 1.82) is 0 Å². The molecular formula is C11H13NO4S. The Morgan fingerprint density at radius 3 is 2.47 bits per heavy atom. The number of aromatic hydroxyl groups is 2. The summed E-state index contributed by atoms with van der Waals surface area (Å²) in [6.07, 6.45) is 1.51. The Morgan fingerprint density at radius 2 is 2.00 bits per heavy atom. The highest BCUT2D eigenvalue weighted by atomic mass is 32.1. The highest BCUT2D eigenvalue weighted by Gasteiger charge is 2.12. The first-order valence-electron chi connectivity index (χ1n) is 4.91. The van der Waals surface area contributed by atoms with Crippen LogP contribution < -0.4 is 0 Å². The van der Waals surface area contributed by atoms with Crippen molar-refractivity contribution in [3.05, 3.63) is 23.8 Å². The molecule has 1 aromatic carbocycles. The maximum absolute atomic E-state index is 10.6. The zero-order valence-corrected chi connectivity index (χ0v) is 9.84. The van der Waals surface area contributed by atoms with Gasteiger partial charge >= 0.3 is 5.97 Å². The van der Waals surface area contributed by atoms with Crippen molar-refractivity contribution in [2.45, 2.75) is 12.5 Å². The van der Waals surface area contributed by atoms with Crippen LogP contribution in [0.3, 0.4) is 0 Å². The molecule has 0 unspecified atom stereocenters. The van der Waals surface area contributed by atoms with Crippen LogP contribution in [0, 0.1) is 0 Å². The number of carboxylic acid groups (broad SMARTS) is 1. The molecule has 5 nitrogen and oxygen atoms in total. The van der Waals surface area contributed by atoms with Gasteiger partial charge in [0.25, 0.3) is 0 Å². The van der Waals surface area contributed by atoms with E-state index in [-0.39, 0.29) is 23.7 Å². The van der Waals surface area contributed by atoms with Gasteiger partial charge in [0.2, 0.25) is 0 Å². The van der Waals surface area contributed by atoms with Gasteiger partial charge in [-0.3, -0.25) is 4.99 Å². The van der Waals surface area contributed by atoms with Crippen LogP contribution in [-0.2, 0) is 11.2 Å². The first-order chi connectivity index (χ1) is 8.06. The molecule has 0 bridgehead atoms. The molecule has 0 saturated carbocycles. The fourth-order valence-electron chi connectivity index (χ4n) is 1.23. The maximum atomic E-state index is 10.6. The number of carbonyl (C=O) groups is 1. The smallest absolute Gasteiger partial charge is 0.329 e. The van der Waals surface area contributed by atoms with E-state index in [1.54, 1.807) is 0 Å². The van der Waals surface area contributed by atoms with Gasteiger partial charge in [0.15, 0.2) is 6.04 Å². The number of hydrogen-bond donors (Lipinski definition) is 4. The van der Waals surface area contributed by atoms with E-state index in [1.807, 2.05) is 0 Å². The van der Waals surface area contributed by atoms with Gasteiger partial charge in [-0.15, -0.1) is 0 Å². The molecular weight excluding hydrogens is 242 g/mol. The van der Waals surface area contributed by atoms with Gasteiger partial charge in [-0.2, -0.15) is 12.6 Å². The minimum absolute atomic E-state index is 0.0470. The summed E-state index contributed by atoms with van der Waals surface area (Å²) in [7, 11) is 0. The molecule has 0 amide bonds. The summed E-state index contributed by atoms with van der Waals surface area (Å²) < 4.78 is 0. The average Bonchev–Trinajstić information content (AvgIpc) is 2.27. The van der Waals surface area contributed by atoms with Gasteiger partial charge in [0, 0.05) is 24.0 Å². The third-order valence-corrected chi connectivity index (χ3v) is 2.51. The second-order valence-electron chi connectivity index (χ2n) is 3.35. The van der Waals surface area contributed by atoms with Crippen LogP contribution in [0.4, 0.5) is 0 Å². The van der Waals surface area contributed by atoms with Crippen molar-refractivity contribution in [2.75, 3.05) is 5.75 Å². The molecule has 0 aliphatic heterocycles. The van der Waals surface area contributed by atoms with Crippen molar-refractivity contribution in [3.63, 3.8) is 0 Å². The minimum atomic E-state index is -1.06. The number of phenolic OH excluding ortho intramolecular Hbond substituents is 2. The zero-order chi connectivity index (χ0) is 12.8. The van der Waals surface area contributed by atoms with Gasteiger partial charge in [-0.05, 0) is 12.1 Å². The van der Waals surface area contributed by atoms with Crippen LogP contribution in [0.25, 0.3) is 0 Å². The number of aliphatic imine (C=N–C) groups is 1. The molecule has 0 aromatic heterocycles. The Morgan fingerprint density at radius 1 is 1.41 bits per heavy atom. The quantitative estimate of drug-likeness (QED) is 0.468. The number of benzene rings is 1. The van der Waals surface area contributed by atoms with E-state index in [9.17, 15) is 15.0 Å². The first-order valence-corrected chi connectivity index (χ1v) is 5.54. The molecule has 1 rings (SSSR count). The normalized spacial score (nSPS) is 12.8. The lowest BCUT2D eigenvalue weighted by Crippen LogP contribution is -2.19. The Balaban J connectivity index is 2.73. The predicted octanol–water partition coefficient (Wildman–Crippen LogP) is 1.09. The van der Waals surface area contributed by atoms with Crippen LogP contribution in [0.15, 0.2) is 23.2 Å². The summed E-state index contributed by atoms with van der Waals surface area (Å²) in [6.45, 7) is 0. The summed E-state index contributed by atoms with van der Waals surface area (Å²) in [5, 5.41) is 27.7. The third-order valence-electron chi connectivity index (χ3n) is 2.17. The van der Waals surface area contributed by atoms with Gasteiger partial charge in [-0.25, -0.2) is 4.79 Å². The Kier molecular flexibility index (Phi) is 4.84. The number of nitrogens with zero attached hydrogens (tertiary/aromatic N) is 1. The average molecular weight is 255 g/mol. The van der Waals surface area contributed by atoms with Crippen molar-refractivity contribution in [2.24, 2.45) is 4.99 Å². The van der Waals surface area contributed by atoms with E-state index in [4.69, 9.17) is 5.11 Å². The second kappa shape index (κ2) is 6.15. The molecule has 0 fully saturated rings. The predicted molar refractivity (Wildman–Crippen MR) is 67.2 cm³/mol. The lowest BCUT2D eigenvalue weighted by molar-refractivity contribution is -0.137. The fourth-order valence-corrected chi connectivity index (χ4v) is 1.48. The summed E-state index contributed by atoms with van der Waals surface area (Å²) in [4.78, 5) is 14.4. The van der Waals surface area contributed by atoms with Crippen LogP contribution >= 0.6 is 12.6 Å². The number of rotatable bonds is 5. The number of thiol groups is 1. The molecule has 0 aliphatic rings.